The van der Waals surface area contributed by atoms with Gasteiger partial charge in [-0.25, -0.2) is 0 Å². The quantitative estimate of drug-likeness (QED) is 0.742. The molecule has 2 aliphatic rings. The number of piperidine rings is 1. The third kappa shape index (κ3) is 4.81. The van der Waals surface area contributed by atoms with Crippen LogP contribution in [0.1, 0.15) is 39.2 Å². The van der Waals surface area contributed by atoms with Crippen molar-refractivity contribution in [3.05, 3.63) is 29.8 Å². The van der Waals surface area contributed by atoms with Crippen molar-refractivity contribution in [3.8, 4) is 11.5 Å². The van der Waals surface area contributed by atoms with Crippen molar-refractivity contribution in [2.24, 2.45) is 5.92 Å². The maximum absolute atomic E-state index is 12.4. The third-order valence-electron chi connectivity index (χ3n) is 4.85. The van der Waals surface area contributed by atoms with Gasteiger partial charge in [-0.05, 0) is 57.9 Å². The van der Waals surface area contributed by atoms with E-state index in [4.69, 9.17) is 14.2 Å². The van der Waals surface area contributed by atoms with Crippen LogP contribution in [0.2, 0.25) is 0 Å². The Labute approximate surface area is 160 Å². The summed E-state index contributed by atoms with van der Waals surface area (Å²) in [6.07, 6.45) is 5.29. The van der Waals surface area contributed by atoms with E-state index in [1.807, 2.05) is 44.2 Å². The van der Waals surface area contributed by atoms with E-state index >= 15 is 0 Å². The predicted molar refractivity (Wildman–Crippen MR) is 102 cm³/mol. The number of nitrogens with zero attached hydrogens (tertiary/aromatic N) is 1. The van der Waals surface area contributed by atoms with Crippen LogP contribution in [0.5, 0.6) is 11.5 Å². The molecule has 146 valence electrons. The van der Waals surface area contributed by atoms with Gasteiger partial charge in [0.1, 0.15) is 17.1 Å². The molecule has 2 aliphatic heterocycles. The zero-order chi connectivity index (χ0) is 19.4. The fraction of sp³-hybridized carbons (Fsp3) is 0.524. The second-order valence-electron chi connectivity index (χ2n) is 7.43. The zero-order valence-electron chi connectivity index (χ0n) is 16.2. The molecular weight excluding hydrogens is 346 g/mol. The molecule has 6 heteroatoms. The fourth-order valence-corrected chi connectivity index (χ4v) is 3.31. The highest BCUT2D eigenvalue weighted by Gasteiger charge is 2.28. The van der Waals surface area contributed by atoms with E-state index in [-0.39, 0.29) is 30.0 Å². The molecule has 1 saturated heterocycles. The molecule has 0 bridgehead atoms. The number of carbonyl (C=O) groups is 2. The number of rotatable bonds is 5. The van der Waals surface area contributed by atoms with E-state index in [0.717, 1.165) is 11.3 Å². The standard InChI is InChI=1S/C21H27NO5/c1-4-25-20(24)15-8-11-22(12-9-15)19(23)14-26-17-5-6-18-16(13-17)7-10-21(2,3)27-18/h5-7,10,13,15H,4,8-9,11-12,14H2,1-3H3. The van der Waals surface area contributed by atoms with Crippen LogP contribution in [0.25, 0.3) is 6.08 Å². The smallest absolute Gasteiger partial charge is 0.309 e. The summed E-state index contributed by atoms with van der Waals surface area (Å²) in [7, 11) is 0. The second kappa shape index (κ2) is 8.03. The number of fused-ring (bicyclic) bond motifs is 1. The molecule has 1 aromatic carbocycles. The topological polar surface area (TPSA) is 65.1 Å². The molecule has 0 N–H and O–H groups in total. The molecule has 3 rings (SSSR count). The van der Waals surface area contributed by atoms with Crippen molar-refractivity contribution in [2.75, 3.05) is 26.3 Å². The van der Waals surface area contributed by atoms with Crippen molar-refractivity contribution in [1.29, 1.82) is 0 Å². The van der Waals surface area contributed by atoms with E-state index in [0.29, 0.717) is 38.3 Å². The summed E-state index contributed by atoms with van der Waals surface area (Å²) >= 11 is 0. The fourth-order valence-electron chi connectivity index (χ4n) is 3.31. The molecule has 1 fully saturated rings. The van der Waals surface area contributed by atoms with Gasteiger partial charge in [-0.1, -0.05) is 6.08 Å². The Hall–Kier alpha value is -2.50. The molecule has 0 saturated carbocycles. The van der Waals surface area contributed by atoms with Crippen LogP contribution in [0.3, 0.4) is 0 Å². The highest BCUT2D eigenvalue weighted by atomic mass is 16.5. The number of esters is 1. The minimum absolute atomic E-state index is 0.0150. The van der Waals surface area contributed by atoms with Gasteiger partial charge in [-0.3, -0.25) is 9.59 Å². The van der Waals surface area contributed by atoms with E-state index in [1.165, 1.54) is 0 Å². The largest absolute Gasteiger partial charge is 0.484 e. The lowest BCUT2D eigenvalue weighted by Crippen LogP contribution is -2.42. The number of amides is 1. The molecule has 0 spiro atoms. The van der Waals surface area contributed by atoms with Gasteiger partial charge < -0.3 is 19.1 Å². The SMILES string of the molecule is CCOC(=O)C1CCN(C(=O)COc2ccc3c(c2)C=CC(C)(C)O3)CC1. The summed E-state index contributed by atoms with van der Waals surface area (Å²) < 4.78 is 16.6. The maximum atomic E-state index is 12.4. The van der Waals surface area contributed by atoms with E-state index in [9.17, 15) is 9.59 Å². The van der Waals surface area contributed by atoms with Gasteiger partial charge in [-0.2, -0.15) is 0 Å². The number of ether oxygens (including phenoxy) is 3. The molecule has 0 aliphatic carbocycles. The number of hydrogen-bond acceptors (Lipinski definition) is 5. The molecule has 2 heterocycles. The molecule has 1 amide bonds. The highest BCUT2D eigenvalue weighted by Crippen LogP contribution is 2.33. The Balaban J connectivity index is 1.50. The van der Waals surface area contributed by atoms with E-state index in [1.54, 1.807) is 11.8 Å². The summed E-state index contributed by atoms with van der Waals surface area (Å²) in [6, 6.07) is 5.56. The summed E-state index contributed by atoms with van der Waals surface area (Å²) in [6.45, 7) is 7.30. The summed E-state index contributed by atoms with van der Waals surface area (Å²) in [5.74, 6) is 1.11. The van der Waals surface area contributed by atoms with Crippen molar-refractivity contribution >= 4 is 18.0 Å². The minimum Gasteiger partial charge on any atom is -0.484 e. The first-order valence-corrected chi connectivity index (χ1v) is 9.47. The predicted octanol–water partition coefficient (Wildman–Crippen LogP) is 3.05. The zero-order valence-corrected chi connectivity index (χ0v) is 16.2. The van der Waals surface area contributed by atoms with Crippen LogP contribution < -0.4 is 9.47 Å². The lowest BCUT2D eigenvalue weighted by atomic mass is 9.97. The average molecular weight is 373 g/mol. The van der Waals surface area contributed by atoms with Gasteiger partial charge in [0.2, 0.25) is 0 Å². The second-order valence-corrected chi connectivity index (χ2v) is 7.43. The molecule has 1 aromatic rings. The molecule has 0 radical (unpaired) electrons. The van der Waals surface area contributed by atoms with Crippen LogP contribution in [0.15, 0.2) is 24.3 Å². The third-order valence-corrected chi connectivity index (χ3v) is 4.85. The lowest BCUT2D eigenvalue weighted by molar-refractivity contribution is -0.151. The molecule has 27 heavy (non-hydrogen) atoms. The van der Waals surface area contributed by atoms with E-state index < -0.39 is 0 Å². The van der Waals surface area contributed by atoms with Gasteiger partial charge in [0, 0.05) is 18.7 Å². The van der Waals surface area contributed by atoms with Crippen molar-refractivity contribution < 1.29 is 23.8 Å². The summed E-state index contributed by atoms with van der Waals surface area (Å²) in [4.78, 5) is 25.9. The lowest BCUT2D eigenvalue weighted by Gasteiger charge is -2.31. The number of benzene rings is 1. The Morgan fingerprint density at radius 2 is 2.00 bits per heavy atom. The average Bonchev–Trinajstić information content (AvgIpc) is 2.66. The van der Waals surface area contributed by atoms with E-state index in [2.05, 4.69) is 0 Å². The summed E-state index contributed by atoms with van der Waals surface area (Å²) in [5, 5.41) is 0. The van der Waals surface area contributed by atoms with Crippen LogP contribution in [-0.2, 0) is 14.3 Å². The molecule has 0 aromatic heterocycles. The van der Waals surface area contributed by atoms with Crippen LogP contribution in [0.4, 0.5) is 0 Å². The van der Waals surface area contributed by atoms with Gasteiger partial charge in [0.05, 0.1) is 12.5 Å². The monoisotopic (exact) mass is 373 g/mol. The van der Waals surface area contributed by atoms with Gasteiger partial charge in [0.25, 0.3) is 5.91 Å². The first kappa shape index (κ1) is 19.3. The van der Waals surface area contributed by atoms with Gasteiger partial charge in [0.15, 0.2) is 6.61 Å². The Morgan fingerprint density at radius 3 is 2.70 bits per heavy atom. The molecule has 0 unspecified atom stereocenters. The van der Waals surface area contributed by atoms with Crippen molar-refractivity contribution in [3.63, 3.8) is 0 Å². The number of likely N-dealkylation sites (tertiary alicyclic amines) is 1. The number of hydrogen-bond donors (Lipinski definition) is 0. The first-order chi connectivity index (χ1) is 12.9. The number of carbonyl (C=O) groups excluding carboxylic acids is 2. The van der Waals surface area contributed by atoms with Crippen LogP contribution in [-0.4, -0.2) is 48.7 Å². The van der Waals surface area contributed by atoms with Crippen LogP contribution in [0, 0.1) is 5.92 Å². The highest BCUT2D eigenvalue weighted by molar-refractivity contribution is 5.78. The Bertz CT molecular complexity index is 732. The Kier molecular flexibility index (Phi) is 5.73. The van der Waals surface area contributed by atoms with Gasteiger partial charge >= 0.3 is 5.97 Å². The molecule has 0 atom stereocenters. The molecule has 6 nitrogen and oxygen atoms in total. The first-order valence-electron chi connectivity index (χ1n) is 9.47. The van der Waals surface area contributed by atoms with Gasteiger partial charge in [-0.15, -0.1) is 0 Å². The van der Waals surface area contributed by atoms with Crippen LogP contribution >= 0.6 is 0 Å². The Morgan fingerprint density at radius 1 is 1.26 bits per heavy atom. The molecular formula is C21H27NO5. The van der Waals surface area contributed by atoms with Crippen molar-refractivity contribution in [2.45, 2.75) is 39.2 Å². The maximum Gasteiger partial charge on any atom is 0.309 e. The van der Waals surface area contributed by atoms with Crippen molar-refractivity contribution in [1.82, 2.24) is 4.90 Å². The summed E-state index contributed by atoms with van der Waals surface area (Å²) in [5.41, 5.74) is 0.621. The normalized spacial score (nSPS) is 18.4. The minimum atomic E-state index is -0.318.